The number of aromatic nitrogens is 3. The summed E-state index contributed by atoms with van der Waals surface area (Å²) in [6.07, 6.45) is 4.72. The molecular formula is C17H21ClN4O2S. The van der Waals surface area contributed by atoms with E-state index in [1.165, 1.54) is 24.2 Å². The molecule has 1 saturated carbocycles. The number of hydrogen-bond acceptors (Lipinski definition) is 4. The number of aryl methyl sites for hydroxylation is 1. The van der Waals surface area contributed by atoms with E-state index in [0.717, 1.165) is 31.6 Å². The van der Waals surface area contributed by atoms with Crippen molar-refractivity contribution < 1.29 is 4.79 Å². The second-order valence-electron chi connectivity index (χ2n) is 6.98. The zero-order valence-corrected chi connectivity index (χ0v) is 15.7. The van der Waals surface area contributed by atoms with E-state index in [-0.39, 0.29) is 17.6 Å². The highest BCUT2D eigenvalue weighted by atomic mass is 35.5. The summed E-state index contributed by atoms with van der Waals surface area (Å²) >= 11 is 7.24. The number of amides is 1. The Hall–Kier alpha value is -1.60. The van der Waals surface area contributed by atoms with E-state index in [1.807, 2.05) is 7.05 Å². The van der Waals surface area contributed by atoms with Gasteiger partial charge in [0.05, 0.1) is 9.21 Å². The molecule has 0 aromatic carbocycles. The lowest BCUT2D eigenvalue weighted by molar-refractivity contribution is 0.0720. The van der Waals surface area contributed by atoms with Crippen molar-refractivity contribution in [3.8, 4) is 0 Å². The molecule has 2 aromatic heterocycles. The Kier molecular flexibility index (Phi) is 4.45. The number of hydrogen-bond donors (Lipinski definition) is 0. The molecule has 1 fully saturated rings. The summed E-state index contributed by atoms with van der Waals surface area (Å²) in [5, 5.41) is 4.54. The summed E-state index contributed by atoms with van der Waals surface area (Å²) in [5.74, 6) is 1.48. The van der Waals surface area contributed by atoms with Gasteiger partial charge in [-0.1, -0.05) is 11.6 Å². The molecule has 0 saturated heterocycles. The van der Waals surface area contributed by atoms with Crippen molar-refractivity contribution in [2.24, 2.45) is 5.92 Å². The van der Waals surface area contributed by atoms with Gasteiger partial charge < -0.3 is 4.90 Å². The van der Waals surface area contributed by atoms with Crippen LogP contribution in [0.15, 0.2) is 16.9 Å². The van der Waals surface area contributed by atoms with Crippen LogP contribution in [0.1, 0.15) is 41.2 Å². The minimum atomic E-state index is -0.00687. The Morgan fingerprint density at radius 1 is 1.36 bits per heavy atom. The Labute approximate surface area is 155 Å². The molecule has 1 aliphatic carbocycles. The van der Waals surface area contributed by atoms with Crippen molar-refractivity contribution >= 4 is 28.8 Å². The van der Waals surface area contributed by atoms with Gasteiger partial charge in [0.1, 0.15) is 5.82 Å². The minimum absolute atomic E-state index is 0.00145. The monoisotopic (exact) mass is 380 g/mol. The van der Waals surface area contributed by atoms with Crippen LogP contribution in [0, 0.1) is 5.92 Å². The van der Waals surface area contributed by atoms with Crippen LogP contribution < -0.4 is 5.69 Å². The van der Waals surface area contributed by atoms with Crippen LogP contribution in [0.4, 0.5) is 0 Å². The molecule has 0 spiro atoms. The zero-order chi connectivity index (χ0) is 17.6. The number of carbonyl (C=O) groups excluding carboxylic acids is 1. The van der Waals surface area contributed by atoms with E-state index in [2.05, 4.69) is 5.10 Å². The van der Waals surface area contributed by atoms with Gasteiger partial charge in [0.25, 0.3) is 5.91 Å². The number of fused-ring (bicyclic) bond motifs is 1. The van der Waals surface area contributed by atoms with Crippen LogP contribution in [-0.4, -0.2) is 38.2 Å². The molecule has 0 bridgehead atoms. The van der Waals surface area contributed by atoms with Gasteiger partial charge in [-0.2, -0.15) is 5.10 Å². The Morgan fingerprint density at radius 2 is 2.16 bits per heavy atom. The van der Waals surface area contributed by atoms with Crippen LogP contribution in [0.3, 0.4) is 0 Å². The predicted molar refractivity (Wildman–Crippen MR) is 97.4 cm³/mol. The average molecular weight is 381 g/mol. The SMILES string of the molecule is CN(C(=O)c1ccc(Cl)s1)C1CCc2nn(CC3CC3)c(=O)n2CC1. The highest BCUT2D eigenvalue weighted by molar-refractivity contribution is 7.17. The van der Waals surface area contributed by atoms with Crippen LogP contribution in [-0.2, 0) is 19.5 Å². The van der Waals surface area contributed by atoms with Crippen LogP contribution in [0.25, 0.3) is 0 Å². The van der Waals surface area contributed by atoms with Gasteiger partial charge in [-0.25, -0.2) is 9.48 Å². The molecule has 1 atom stereocenters. The Bertz CT molecular complexity index is 851. The van der Waals surface area contributed by atoms with Gasteiger partial charge in [0, 0.05) is 32.6 Å². The summed E-state index contributed by atoms with van der Waals surface area (Å²) in [6.45, 7) is 1.37. The molecule has 25 heavy (non-hydrogen) atoms. The minimum Gasteiger partial charge on any atom is -0.338 e. The van der Waals surface area contributed by atoms with Crippen molar-refractivity contribution in [2.75, 3.05) is 7.05 Å². The molecule has 0 N–H and O–H groups in total. The maximum Gasteiger partial charge on any atom is 0.345 e. The van der Waals surface area contributed by atoms with Crippen molar-refractivity contribution in [3.05, 3.63) is 37.7 Å². The van der Waals surface area contributed by atoms with Gasteiger partial charge in [-0.3, -0.25) is 9.36 Å². The molecule has 1 aliphatic heterocycles. The van der Waals surface area contributed by atoms with Gasteiger partial charge in [-0.05, 0) is 43.7 Å². The lowest BCUT2D eigenvalue weighted by atomic mass is 10.1. The fourth-order valence-corrected chi connectivity index (χ4v) is 4.46. The summed E-state index contributed by atoms with van der Waals surface area (Å²) in [7, 11) is 1.83. The van der Waals surface area contributed by atoms with E-state index in [4.69, 9.17) is 11.6 Å². The van der Waals surface area contributed by atoms with Crippen molar-refractivity contribution in [1.82, 2.24) is 19.2 Å². The third-order valence-electron chi connectivity index (χ3n) is 5.17. The molecule has 1 amide bonds. The molecule has 0 radical (unpaired) electrons. The van der Waals surface area contributed by atoms with Crippen LogP contribution in [0.2, 0.25) is 4.34 Å². The number of nitrogens with zero attached hydrogens (tertiary/aromatic N) is 4. The zero-order valence-electron chi connectivity index (χ0n) is 14.2. The highest BCUT2D eigenvalue weighted by Gasteiger charge is 2.28. The van der Waals surface area contributed by atoms with E-state index in [9.17, 15) is 9.59 Å². The quantitative estimate of drug-likeness (QED) is 0.819. The van der Waals surface area contributed by atoms with Gasteiger partial charge >= 0.3 is 5.69 Å². The van der Waals surface area contributed by atoms with Crippen LogP contribution in [0.5, 0.6) is 0 Å². The first-order chi connectivity index (χ1) is 12.0. The molecule has 8 heteroatoms. The fourth-order valence-electron chi connectivity index (χ4n) is 3.43. The molecule has 1 unspecified atom stereocenters. The predicted octanol–water partition coefficient (Wildman–Crippen LogP) is 2.65. The maximum atomic E-state index is 12.6. The first kappa shape index (κ1) is 16.8. The van der Waals surface area contributed by atoms with E-state index in [0.29, 0.717) is 21.7 Å². The molecule has 3 heterocycles. The van der Waals surface area contributed by atoms with E-state index >= 15 is 0 Å². The molecular weight excluding hydrogens is 360 g/mol. The van der Waals surface area contributed by atoms with Gasteiger partial charge in [0.2, 0.25) is 0 Å². The fraction of sp³-hybridized carbons (Fsp3) is 0.588. The molecule has 4 rings (SSSR count). The first-order valence-electron chi connectivity index (χ1n) is 8.72. The van der Waals surface area contributed by atoms with Crippen LogP contribution >= 0.6 is 22.9 Å². The van der Waals surface area contributed by atoms with E-state index in [1.54, 1.807) is 26.3 Å². The second kappa shape index (κ2) is 6.61. The number of carbonyl (C=O) groups is 1. The van der Waals surface area contributed by atoms with Gasteiger partial charge in [0.15, 0.2) is 0 Å². The van der Waals surface area contributed by atoms with E-state index < -0.39 is 0 Å². The largest absolute Gasteiger partial charge is 0.345 e. The molecule has 134 valence electrons. The summed E-state index contributed by atoms with van der Waals surface area (Å²) in [6, 6.07) is 3.62. The van der Waals surface area contributed by atoms with Crippen molar-refractivity contribution in [3.63, 3.8) is 0 Å². The summed E-state index contributed by atoms with van der Waals surface area (Å²) in [5.41, 5.74) is 0.00145. The maximum absolute atomic E-state index is 12.6. The lowest BCUT2D eigenvalue weighted by Gasteiger charge is -2.26. The Morgan fingerprint density at radius 3 is 2.84 bits per heavy atom. The standard InChI is InChI=1S/C17H21ClN4O2S/c1-20(16(23)13-5-6-14(18)25-13)12-4-7-15-19-22(10-11-2-3-11)17(24)21(15)9-8-12/h5-6,11-12H,2-4,7-10H2,1H3. The van der Waals surface area contributed by atoms with Gasteiger partial charge in [-0.15, -0.1) is 11.3 Å². The first-order valence-corrected chi connectivity index (χ1v) is 9.91. The molecule has 6 nitrogen and oxygen atoms in total. The van der Waals surface area contributed by atoms with Crippen molar-refractivity contribution in [1.29, 1.82) is 0 Å². The Balaban J connectivity index is 1.46. The third kappa shape index (κ3) is 3.40. The average Bonchev–Trinajstić information content (AvgIpc) is 3.29. The summed E-state index contributed by atoms with van der Waals surface area (Å²) < 4.78 is 4.05. The topological polar surface area (TPSA) is 60.1 Å². The normalized spacial score (nSPS) is 20.2. The number of rotatable bonds is 4. The number of thiophene rings is 1. The lowest BCUT2D eigenvalue weighted by Crippen LogP contribution is -2.37. The summed E-state index contributed by atoms with van der Waals surface area (Å²) in [4.78, 5) is 27.6. The molecule has 2 aromatic rings. The highest BCUT2D eigenvalue weighted by Crippen LogP contribution is 2.30. The second-order valence-corrected chi connectivity index (χ2v) is 8.69. The number of halogens is 1. The smallest absolute Gasteiger partial charge is 0.338 e. The third-order valence-corrected chi connectivity index (χ3v) is 6.39. The molecule has 2 aliphatic rings. The van der Waals surface area contributed by atoms with Crippen molar-refractivity contribution in [2.45, 2.75) is 51.2 Å².